The van der Waals surface area contributed by atoms with Gasteiger partial charge < -0.3 is 10.5 Å². The van der Waals surface area contributed by atoms with E-state index in [1.54, 1.807) is 25.1 Å². The van der Waals surface area contributed by atoms with E-state index in [1.807, 2.05) is 0 Å². The Hall–Kier alpha value is -1.23. The highest BCUT2D eigenvalue weighted by Gasteiger charge is 2.10. The van der Waals surface area contributed by atoms with Gasteiger partial charge in [-0.15, -0.1) is 0 Å². The summed E-state index contributed by atoms with van der Waals surface area (Å²) in [6, 6.07) is 4.99. The largest absolute Gasteiger partial charge is 0.497 e. The monoisotopic (exact) mass is 229 g/mol. The molecule has 1 aromatic carbocycles. The number of benzene rings is 1. The van der Waals surface area contributed by atoms with Crippen LogP contribution in [0.15, 0.2) is 18.2 Å². The second-order valence-electron chi connectivity index (χ2n) is 3.29. The first-order valence-corrected chi connectivity index (χ1v) is 6.43. The van der Waals surface area contributed by atoms with Gasteiger partial charge in [-0.05, 0) is 17.7 Å². The van der Waals surface area contributed by atoms with Crippen molar-refractivity contribution >= 4 is 15.5 Å². The van der Waals surface area contributed by atoms with Crippen molar-refractivity contribution in [2.24, 2.45) is 0 Å². The quantitative estimate of drug-likeness (QED) is 0.788. The summed E-state index contributed by atoms with van der Waals surface area (Å²) in [6.07, 6.45) is 0. The number of hydrogen-bond acceptors (Lipinski definition) is 4. The van der Waals surface area contributed by atoms with Gasteiger partial charge in [0.15, 0.2) is 9.84 Å². The molecule has 0 atom stereocenters. The summed E-state index contributed by atoms with van der Waals surface area (Å²) >= 11 is 0. The molecule has 0 amide bonds. The topological polar surface area (TPSA) is 69.4 Å². The number of ether oxygens (including phenoxy) is 1. The predicted molar refractivity (Wildman–Crippen MR) is 60.6 cm³/mol. The van der Waals surface area contributed by atoms with Crippen LogP contribution in [0.5, 0.6) is 5.75 Å². The molecule has 84 valence electrons. The van der Waals surface area contributed by atoms with Gasteiger partial charge in [-0.2, -0.15) is 0 Å². The van der Waals surface area contributed by atoms with Gasteiger partial charge in [0, 0.05) is 17.5 Å². The van der Waals surface area contributed by atoms with Crippen molar-refractivity contribution in [1.82, 2.24) is 0 Å². The number of anilines is 1. The van der Waals surface area contributed by atoms with E-state index < -0.39 is 9.84 Å². The van der Waals surface area contributed by atoms with Crippen LogP contribution in [0.3, 0.4) is 0 Å². The van der Waals surface area contributed by atoms with E-state index in [4.69, 9.17) is 10.5 Å². The zero-order valence-corrected chi connectivity index (χ0v) is 9.67. The van der Waals surface area contributed by atoms with Crippen LogP contribution in [0.4, 0.5) is 5.69 Å². The van der Waals surface area contributed by atoms with Crippen molar-refractivity contribution in [1.29, 1.82) is 0 Å². The zero-order chi connectivity index (χ0) is 11.5. The van der Waals surface area contributed by atoms with E-state index in [0.29, 0.717) is 17.0 Å². The summed E-state index contributed by atoms with van der Waals surface area (Å²) in [5.74, 6) is 0.714. The minimum atomic E-state index is -3.03. The van der Waals surface area contributed by atoms with Crippen molar-refractivity contribution in [3.63, 3.8) is 0 Å². The maximum absolute atomic E-state index is 11.4. The molecule has 0 spiro atoms. The van der Waals surface area contributed by atoms with Crippen molar-refractivity contribution in [2.45, 2.75) is 12.7 Å². The van der Waals surface area contributed by atoms with Crippen LogP contribution in [-0.4, -0.2) is 21.3 Å². The van der Waals surface area contributed by atoms with Gasteiger partial charge in [-0.1, -0.05) is 6.92 Å². The van der Waals surface area contributed by atoms with Gasteiger partial charge in [0.25, 0.3) is 0 Å². The van der Waals surface area contributed by atoms with Crippen molar-refractivity contribution in [2.75, 3.05) is 18.6 Å². The van der Waals surface area contributed by atoms with Gasteiger partial charge in [-0.25, -0.2) is 8.42 Å². The SMILES string of the molecule is CCS(=O)(=O)Cc1cc(N)cc(OC)c1. The Bertz CT molecular complexity index is 440. The minimum Gasteiger partial charge on any atom is -0.497 e. The van der Waals surface area contributed by atoms with Crippen molar-refractivity contribution in [3.8, 4) is 5.75 Å². The number of sulfone groups is 1. The lowest BCUT2D eigenvalue weighted by molar-refractivity contribution is 0.414. The molecule has 1 rings (SSSR count). The fraction of sp³-hybridized carbons (Fsp3) is 0.400. The zero-order valence-electron chi connectivity index (χ0n) is 8.86. The Morgan fingerprint density at radius 2 is 2.00 bits per heavy atom. The van der Waals surface area contributed by atoms with Gasteiger partial charge >= 0.3 is 0 Å². The van der Waals surface area contributed by atoms with Crippen molar-refractivity contribution in [3.05, 3.63) is 23.8 Å². The molecule has 0 radical (unpaired) electrons. The van der Waals surface area contributed by atoms with Gasteiger partial charge in [0.1, 0.15) is 5.75 Å². The molecule has 0 bridgehead atoms. The normalized spacial score (nSPS) is 11.3. The number of methoxy groups -OCH3 is 1. The van der Waals surface area contributed by atoms with Crippen LogP contribution in [-0.2, 0) is 15.6 Å². The van der Waals surface area contributed by atoms with E-state index >= 15 is 0 Å². The molecular formula is C10H15NO3S. The highest BCUT2D eigenvalue weighted by atomic mass is 32.2. The summed E-state index contributed by atoms with van der Waals surface area (Å²) in [6.45, 7) is 1.62. The van der Waals surface area contributed by atoms with Crippen LogP contribution in [0.1, 0.15) is 12.5 Å². The van der Waals surface area contributed by atoms with E-state index in [2.05, 4.69) is 0 Å². The van der Waals surface area contributed by atoms with Crippen LogP contribution < -0.4 is 10.5 Å². The summed E-state index contributed by atoms with van der Waals surface area (Å²) in [5, 5.41) is 0. The molecule has 0 aliphatic carbocycles. The van der Waals surface area contributed by atoms with Crippen LogP contribution in [0.2, 0.25) is 0 Å². The third-order valence-electron chi connectivity index (χ3n) is 2.05. The Kier molecular flexibility index (Phi) is 3.57. The molecule has 4 nitrogen and oxygen atoms in total. The molecule has 0 fully saturated rings. The predicted octanol–water partition coefficient (Wildman–Crippen LogP) is 1.21. The van der Waals surface area contributed by atoms with E-state index in [1.165, 1.54) is 7.11 Å². The number of rotatable bonds is 4. The average Bonchev–Trinajstić information content (AvgIpc) is 2.16. The molecule has 0 aliphatic heterocycles. The summed E-state index contributed by atoms with van der Waals surface area (Å²) < 4.78 is 27.8. The molecule has 2 N–H and O–H groups in total. The number of hydrogen-bond donors (Lipinski definition) is 1. The van der Waals surface area contributed by atoms with Crippen LogP contribution >= 0.6 is 0 Å². The first kappa shape index (κ1) is 11.8. The smallest absolute Gasteiger partial charge is 0.154 e. The van der Waals surface area contributed by atoms with Crippen molar-refractivity contribution < 1.29 is 13.2 Å². The van der Waals surface area contributed by atoms with E-state index in [9.17, 15) is 8.42 Å². The first-order chi connectivity index (χ1) is 6.96. The molecule has 0 unspecified atom stereocenters. The minimum absolute atomic E-state index is 0.00486. The molecule has 0 saturated heterocycles. The average molecular weight is 229 g/mol. The third-order valence-corrected chi connectivity index (χ3v) is 3.70. The lowest BCUT2D eigenvalue weighted by Crippen LogP contribution is -2.07. The molecule has 0 aliphatic rings. The molecule has 15 heavy (non-hydrogen) atoms. The van der Waals surface area contributed by atoms with Crippen LogP contribution in [0, 0.1) is 0 Å². The lowest BCUT2D eigenvalue weighted by atomic mass is 10.2. The maximum atomic E-state index is 11.4. The summed E-state index contributed by atoms with van der Waals surface area (Å²) in [5.41, 5.74) is 6.79. The lowest BCUT2D eigenvalue weighted by Gasteiger charge is -2.06. The third kappa shape index (κ3) is 3.43. The summed E-state index contributed by atoms with van der Waals surface area (Å²) in [4.78, 5) is 0. The molecule has 0 saturated carbocycles. The van der Waals surface area contributed by atoms with E-state index in [0.717, 1.165) is 0 Å². The van der Waals surface area contributed by atoms with Gasteiger partial charge in [-0.3, -0.25) is 0 Å². The molecule has 0 heterocycles. The highest BCUT2D eigenvalue weighted by Crippen LogP contribution is 2.20. The second kappa shape index (κ2) is 4.53. The Morgan fingerprint density at radius 1 is 1.33 bits per heavy atom. The second-order valence-corrected chi connectivity index (χ2v) is 5.64. The Morgan fingerprint density at radius 3 is 2.53 bits per heavy atom. The highest BCUT2D eigenvalue weighted by molar-refractivity contribution is 7.90. The Balaban J connectivity index is 3.00. The Labute approximate surface area is 90.0 Å². The first-order valence-electron chi connectivity index (χ1n) is 4.60. The summed E-state index contributed by atoms with van der Waals surface area (Å²) in [7, 11) is -1.50. The molecular weight excluding hydrogens is 214 g/mol. The fourth-order valence-electron chi connectivity index (χ4n) is 1.24. The molecule has 5 heteroatoms. The number of nitrogen functional groups attached to an aromatic ring is 1. The van der Waals surface area contributed by atoms with E-state index in [-0.39, 0.29) is 11.5 Å². The van der Waals surface area contributed by atoms with Gasteiger partial charge in [0.2, 0.25) is 0 Å². The molecule has 1 aromatic rings. The number of nitrogens with two attached hydrogens (primary N) is 1. The van der Waals surface area contributed by atoms with Crippen LogP contribution in [0.25, 0.3) is 0 Å². The fourth-order valence-corrected chi connectivity index (χ4v) is 2.12. The standard InChI is InChI=1S/C10H15NO3S/c1-3-15(12,13)7-8-4-9(11)6-10(5-8)14-2/h4-6H,3,7,11H2,1-2H3. The van der Waals surface area contributed by atoms with Gasteiger partial charge in [0.05, 0.1) is 12.9 Å². The maximum Gasteiger partial charge on any atom is 0.154 e. The molecule has 0 aromatic heterocycles.